The van der Waals surface area contributed by atoms with Crippen LogP contribution in [0.15, 0.2) is 36.5 Å². The number of benzene rings is 1. The van der Waals surface area contributed by atoms with Gasteiger partial charge in [-0.25, -0.2) is 9.97 Å². The molecular weight excluding hydrogens is 344 g/mol. The van der Waals surface area contributed by atoms with Gasteiger partial charge in [-0.05, 0) is 43.7 Å². The van der Waals surface area contributed by atoms with Gasteiger partial charge in [-0.3, -0.25) is 4.79 Å². The predicted molar refractivity (Wildman–Crippen MR) is 104 cm³/mol. The molecule has 3 aromatic rings. The highest BCUT2D eigenvalue weighted by Gasteiger charge is 2.26. The number of carbonyl (C=O) groups is 1. The van der Waals surface area contributed by atoms with Gasteiger partial charge in [0.15, 0.2) is 0 Å². The molecule has 0 bridgehead atoms. The van der Waals surface area contributed by atoms with Gasteiger partial charge >= 0.3 is 0 Å². The SMILES string of the molecule is Cc1c(-c2ccnc(Nc3cccc(N[O-])c3)n2)c(C)n2c1C(=O)NCC2. The highest BCUT2D eigenvalue weighted by Crippen LogP contribution is 2.32. The number of hydrogen-bond donors (Lipinski definition) is 3. The van der Waals surface area contributed by atoms with Crippen LogP contribution in [0, 0.1) is 19.1 Å². The molecule has 0 fully saturated rings. The van der Waals surface area contributed by atoms with Crippen molar-refractivity contribution in [2.75, 3.05) is 17.3 Å². The van der Waals surface area contributed by atoms with Gasteiger partial charge in [0.25, 0.3) is 5.91 Å². The number of nitrogens with zero attached hydrogens (tertiary/aromatic N) is 3. The Hall–Kier alpha value is -3.39. The molecule has 27 heavy (non-hydrogen) atoms. The van der Waals surface area contributed by atoms with E-state index >= 15 is 0 Å². The largest absolute Gasteiger partial charge is 0.761 e. The lowest BCUT2D eigenvalue weighted by molar-refractivity contribution is 0.0926. The van der Waals surface area contributed by atoms with E-state index in [4.69, 9.17) is 0 Å². The molecule has 0 atom stereocenters. The van der Waals surface area contributed by atoms with E-state index < -0.39 is 0 Å². The maximum absolute atomic E-state index is 12.3. The summed E-state index contributed by atoms with van der Waals surface area (Å²) in [4.78, 5) is 21.1. The maximum Gasteiger partial charge on any atom is 0.268 e. The van der Waals surface area contributed by atoms with Crippen LogP contribution in [0.25, 0.3) is 11.3 Å². The van der Waals surface area contributed by atoms with Crippen LogP contribution in [0.1, 0.15) is 21.7 Å². The third-order valence-electron chi connectivity index (χ3n) is 4.75. The third-order valence-corrected chi connectivity index (χ3v) is 4.75. The summed E-state index contributed by atoms with van der Waals surface area (Å²) < 4.78 is 2.04. The molecule has 0 saturated heterocycles. The second kappa shape index (κ2) is 6.73. The first kappa shape index (κ1) is 17.0. The van der Waals surface area contributed by atoms with Gasteiger partial charge in [0, 0.05) is 41.9 Å². The minimum atomic E-state index is -0.0533. The average molecular weight is 363 g/mol. The van der Waals surface area contributed by atoms with E-state index in [0.29, 0.717) is 29.6 Å². The van der Waals surface area contributed by atoms with Crippen molar-refractivity contribution in [3.8, 4) is 11.3 Å². The first-order chi connectivity index (χ1) is 13.1. The van der Waals surface area contributed by atoms with E-state index in [1.54, 1.807) is 24.4 Å². The molecule has 1 aliphatic rings. The Bertz CT molecular complexity index is 1030. The van der Waals surface area contributed by atoms with Crippen LogP contribution in [0.2, 0.25) is 0 Å². The van der Waals surface area contributed by atoms with Crippen molar-refractivity contribution >= 4 is 23.2 Å². The van der Waals surface area contributed by atoms with E-state index in [1.807, 2.05) is 36.0 Å². The Labute approximate surface area is 156 Å². The molecule has 3 heterocycles. The van der Waals surface area contributed by atoms with Crippen LogP contribution in [-0.4, -0.2) is 27.0 Å². The molecule has 4 rings (SSSR count). The number of amides is 1. The van der Waals surface area contributed by atoms with E-state index in [2.05, 4.69) is 20.6 Å². The summed E-state index contributed by atoms with van der Waals surface area (Å²) in [5.41, 5.74) is 7.33. The van der Waals surface area contributed by atoms with Crippen LogP contribution in [0.3, 0.4) is 0 Å². The zero-order chi connectivity index (χ0) is 19.0. The van der Waals surface area contributed by atoms with E-state index in [9.17, 15) is 10.0 Å². The molecule has 3 N–H and O–H groups in total. The zero-order valence-electron chi connectivity index (χ0n) is 15.0. The highest BCUT2D eigenvalue weighted by atomic mass is 16.5. The standard InChI is InChI=1S/C19H19N6O2/c1-11-16(12(2)25-9-8-20-18(26)17(11)25)15-6-7-21-19(23-15)22-13-4-3-5-14(10-13)24-27/h3-7,10,24H,8-9H2,1-2H3,(H,20,26)(H,21,22,23)/q-1. The van der Waals surface area contributed by atoms with Crippen molar-refractivity contribution in [2.45, 2.75) is 20.4 Å². The number of carbonyl (C=O) groups excluding carboxylic acids is 1. The fraction of sp³-hybridized carbons (Fsp3) is 0.211. The molecule has 0 radical (unpaired) electrons. The van der Waals surface area contributed by atoms with Crippen LogP contribution >= 0.6 is 0 Å². The summed E-state index contributed by atoms with van der Waals surface area (Å²) in [6.45, 7) is 5.32. The zero-order valence-corrected chi connectivity index (χ0v) is 15.0. The molecule has 2 aromatic heterocycles. The summed E-state index contributed by atoms with van der Waals surface area (Å²) in [5, 5.41) is 16.8. The molecule has 0 saturated carbocycles. The van der Waals surface area contributed by atoms with E-state index in [1.165, 1.54) is 0 Å². The average Bonchev–Trinajstić information content (AvgIpc) is 2.94. The summed E-state index contributed by atoms with van der Waals surface area (Å²) >= 11 is 0. The molecule has 8 nitrogen and oxygen atoms in total. The summed E-state index contributed by atoms with van der Waals surface area (Å²) in [6.07, 6.45) is 1.68. The maximum atomic E-state index is 12.3. The smallest absolute Gasteiger partial charge is 0.268 e. The molecule has 0 aliphatic carbocycles. The van der Waals surface area contributed by atoms with Gasteiger partial charge in [-0.1, -0.05) is 6.07 Å². The van der Waals surface area contributed by atoms with Crippen LogP contribution < -0.4 is 16.1 Å². The van der Waals surface area contributed by atoms with Crippen molar-refractivity contribution in [3.05, 3.63) is 58.7 Å². The molecule has 0 spiro atoms. The predicted octanol–water partition coefficient (Wildman–Crippen LogP) is 2.96. The number of hydrogen-bond acceptors (Lipinski definition) is 6. The lowest BCUT2D eigenvalue weighted by Crippen LogP contribution is -2.35. The topological polar surface area (TPSA) is 107 Å². The second-order valence-electron chi connectivity index (χ2n) is 6.41. The second-order valence-corrected chi connectivity index (χ2v) is 6.41. The molecule has 1 aliphatic heterocycles. The molecule has 8 heteroatoms. The highest BCUT2D eigenvalue weighted by molar-refractivity contribution is 5.97. The van der Waals surface area contributed by atoms with E-state index in [0.717, 1.165) is 29.1 Å². The first-order valence-corrected chi connectivity index (χ1v) is 8.65. The Morgan fingerprint density at radius 1 is 1.22 bits per heavy atom. The quantitative estimate of drug-likeness (QED) is 0.615. The van der Waals surface area contributed by atoms with Crippen molar-refractivity contribution in [3.63, 3.8) is 0 Å². The normalized spacial score (nSPS) is 13.1. The number of fused-ring (bicyclic) bond motifs is 1. The van der Waals surface area contributed by atoms with Gasteiger partial charge in [0.05, 0.1) is 5.69 Å². The monoisotopic (exact) mass is 363 g/mol. The van der Waals surface area contributed by atoms with Crippen LogP contribution in [-0.2, 0) is 6.54 Å². The molecule has 138 valence electrons. The molecule has 0 unspecified atom stereocenters. The molecule has 1 aromatic carbocycles. The van der Waals surface area contributed by atoms with Gasteiger partial charge in [0.2, 0.25) is 5.95 Å². The van der Waals surface area contributed by atoms with Crippen molar-refractivity contribution in [1.29, 1.82) is 0 Å². The number of aromatic nitrogens is 3. The van der Waals surface area contributed by atoms with E-state index in [-0.39, 0.29) is 5.91 Å². The van der Waals surface area contributed by atoms with Crippen molar-refractivity contribution in [2.24, 2.45) is 0 Å². The minimum absolute atomic E-state index is 0.0533. The Balaban J connectivity index is 1.72. The Kier molecular flexibility index (Phi) is 4.25. The Morgan fingerprint density at radius 3 is 2.81 bits per heavy atom. The first-order valence-electron chi connectivity index (χ1n) is 8.65. The van der Waals surface area contributed by atoms with Gasteiger partial charge in [-0.2, -0.15) is 0 Å². The van der Waals surface area contributed by atoms with Crippen LogP contribution in [0.4, 0.5) is 17.3 Å². The van der Waals surface area contributed by atoms with Crippen molar-refractivity contribution < 1.29 is 4.79 Å². The van der Waals surface area contributed by atoms with Crippen LogP contribution in [0.5, 0.6) is 0 Å². The lowest BCUT2D eigenvalue weighted by atomic mass is 10.1. The summed E-state index contributed by atoms with van der Waals surface area (Å²) in [5.74, 6) is 0.366. The fourth-order valence-corrected chi connectivity index (χ4v) is 3.56. The van der Waals surface area contributed by atoms with Gasteiger partial charge in [-0.15, -0.1) is 0 Å². The summed E-state index contributed by atoms with van der Waals surface area (Å²) in [7, 11) is 0. The lowest BCUT2D eigenvalue weighted by Gasteiger charge is -2.17. The number of nitrogens with one attached hydrogen (secondary N) is 3. The molecular formula is C19H19N6O2-. The van der Waals surface area contributed by atoms with Gasteiger partial charge < -0.3 is 25.9 Å². The molecule has 1 amide bonds. The van der Waals surface area contributed by atoms with Crippen molar-refractivity contribution in [1.82, 2.24) is 19.9 Å². The third kappa shape index (κ3) is 3.00. The van der Waals surface area contributed by atoms with Gasteiger partial charge in [0.1, 0.15) is 5.69 Å². The number of rotatable bonds is 4. The number of anilines is 3. The summed E-state index contributed by atoms with van der Waals surface area (Å²) in [6, 6.07) is 8.79. The minimum Gasteiger partial charge on any atom is -0.761 e. The fourth-order valence-electron chi connectivity index (χ4n) is 3.56. The Morgan fingerprint density at radius 2 is 2.04 bits per heavy atom.